The van der Waals surface area contributed by atoms with Gasteiger partial charge in [0.15, 0.2) is 0 Å². The predicted molar refractivity (Wildman–Crippen MR) is 84.0 cm³/mol. The molecule has 2 saturated heterocycles. The zero-order chi connectivity index (χ0) is 15.3. The van der Waals surface area contributed by atoms with Gasteiger partial charge in [0.2, 0.25) is 11.7 Å². The first-order valence-corrected chi connectivity index (χ1v) is 8.60. The second-order valence-corrected chi connectivity index (χ2v) is 7.02. The molecule has 120 valence electrons. The number of fused-ring (bicyclic) bond motifs is 1. The molecule has 2 aliphatic heterocycles. The number of nitrogens with zero attached hydrogens (tertiary/aromatic N) is 3. The van der Waals surface area contributed by atoms with E-state index in [1.165, 1.54) is 24.9 Å². The van der Waals surface area contributed by atoms with Crippen molar-refractivity contribution in [3.63, 3.8) is 0 Å². The molecule has 5 heteroatoms. The van der Waals surface area contributed by atoms with Crippen molar-refractivity contribution in [2.45, 2.75) is 43.2 Å². The zero-order valence-corrected chi connectivity index (χ0v) is 13.1. The van der Waals surface area contributed by atoms with Crippen molar-refractivity contribution in [2.24, 2.45) is 0 Å². The molecule has 0 radical (unpaired) electrons. The molecule has 1 saturated carbocycles. The van der Waals surface area contributed by atoms with E-state index in [1.54, 1.807) is 0 Å². The van der Waals surface area contributed by atoms with Crippen LogP contribution in [-0.4, -0.2) is 40.8 Å². The van der Waals surface area contributed by atoms with Crippen molar-refractivity contribution >= 4 is 0 Å². The highest BCUT2D eigenvalue weighted by atomic mass is 16.5. The van der Waals surface area contributed by atoms with Crippen molar-refractivity contribution in [2.75, 3.05) is 19.7 Å². The molecule has 2 aromatic rings. The highest BCUT2D eigenvalue weighted by Gasteiger charge is 2.51. The predicted octanol–water partition coefficient (Wildman–Crippen LogP) is 2.69. The second kappa shape index (κ2) is 5.14. The lowest BCUT2D eigenvalue weighted by Gasteiger charge is -2.33. The Morgan fingerprint density at radius 1 is 1.17 bits per heavy atom. The van der Waals surface area contributed by atoms with E-state index in [1.807, 2.05) is 6.07 Å². The van der Waals surface area contributed by atoms with Gasteiger partial charge in [0, 0.05) is 12.6 Å². The number of hydrogen-bond donors (Lipinski definition) is 0. The molecule has 3 fully saturated rings. The maximum atomic E-state index is 6.00. The van der Waals surface area contributed by atoms with E-state index in [4.69, 9.17) is 14.2 Å². The van der Waals surface area contributed by atoms with Crippen LogP contribution in [-0.2, 0) is 10.2 Å². The fourth-order valence-corrected chi connectivity index (χ4v) is 4.04. The maximum Gasteiger partial charge on any atom is 0.237 e. The molecule has 3 heterocycles. The molecule has 0 spiro atoms. The number of hydrogen-bond acceptors (Lipinski definition) is 5. The molecule has 2 atom stereocenters. The molecule has 1 aromatic carbocycles. The van der Waals surface area contributed by atoms with Crippen LogP contribution in [0.3, 0.4) is 0 Å². The molecule has 0 amide bonds. The van der Waals surface area contributed by atoms with Crippen molar-refractivity contribution in [1.82, 2.24) is 15.0 Å². The highest BCUT2D eigenvalue weighted by Crippen LogP contribution is 2.52. The maximum absolute atomic E-state index is 6.00. The Labute approximate surface area is 135 Å². The van der Waals surface area contributed by atoms with Gasteiger partial charge in [0.05, 0.1) is 12.0 Å². The average molecular weight is 311 g/mol. The summed E-state index contributed by atoms with van der Waals surface area (Å²) in [7, 11) is 0. The zero-order valence-electron chi connectivity index (χ0n) is 13.1. The minimum Gasteiger partial charge on any atom is -0.367 e. The van der Waals surface area contributed by atoms with Gasteiger partial charge in [-0.1, -0.05) is 35.5 Å². The summed E-state index contributed by atoms with van der Waals surface area (Å²) < 4.78 is 11.7. The van der Waals surface area contributed by atoms with Gasteiger partial charge in [-0.3, -0.25) is 4.90 Å². The second-order valence-electron chi connectivity index (χ2n) is 7.02. The van der Waals surface area contributed by atoms with Crippen LogP contribution in [0.4, 0.5) is 0 Å². The summed E-state index contributed by atoms with van der Waals surface area (Å²) in [6, 6.07) is 11.1. The van der Waals surface area contributed by atoms with Crippen LogP contribution >= 0.6 is 0 Å². The van der Waals surface area contributed by atoms with Gasteiger partial charge in [-0.05, 0) is 37.8 Å². The summed E-state index contributed by atoms with van der Waals surface area (Å²) in [4.78, 5) is 7.24. The number of rotatable bonds is 3. The molecule has 23 heavy (non-hydrogen) atoms. The van der Waals surface area contributed by atoms with Gasteiger partial charge >= 0.3 is 0 Å². The van der Waals surface area contributed by atoms with E-state index in [0.717, 1.165) is 31.9 Å². The van der Waals surface area contributed by atoms with E-state index in [-0.39, 0.29) is 11.5 Å². The van der Waals surface area contributed by atoms with Crippen molar-refractivity contribution in [3.05, 3.63) is 47.6 Å². The Bertz CT molecular complexity index is 695. The standard InChI is InChI=1S/C18H21N3O2/c1-2-5-13(6-3-1)18(8-9-18)17-19-16(20-23-17)15-11-21-10-4-7-14(21)12-22-15/h1-3,5-6,14-15H,4,7-12H2. The first-order chi connectivity index (χ1) is 11.4. The van der Waals surface area contributed by atoms with Crippen LogP contribution in [0.1, 0.15) is 49.1 Å². The van der Waals surface area contributed by atoms with Crippen LogP contribution in [0, 0.1) is 0 Å². The quantitative estimate of drug-likeness (QED) is 0.872. The molecule has 5 rings (SSSR count). The van der Waals surface area contributed by atoms with Crippen molar-refractivity contribution in [3.8, 4) is 0 Å². The molecule has 0 bridgehead atoms. The highest BCUT2D eigenvalue weighted by molar-refractivity contribution is 5.38. The SMILES string of the molecule is c1ccc(C2(c3nc(C4CN5CCCC5CO4)no3)CC2)cc1. The lowest BCUT2D eigenvalue weighted by atomic mass is 9.96. The summed E-state index contributed by atoms with van der Waals surface area (Å²) in [5.74, 6) is 1.47. The normalized spacial score (nSPS) is 29.4. The monoisotopic (exact) mass is 311 g/mol. The van der Waals surface area contributed by atoms with Gasteiger partial charge < -0.3 is 9.26 Å². The molecule has 1 aliphatic carbocycles. The van der Waals surface area contributed by atoms with Gasteiger partial charge in [0.25, 0.3) is 0 Å². The minimum atomic E-state index is -0.0582. The van der Waals surface area contributed by atoms with Crippen molar-refractivity contribution < 1.29 is 9.26 Å². The summed E-state index contributed by atoms with van der Waals surface area (Å²) >= 11 is 0. The summed E-state index contributed by atoms with van der Waals surface area (Å²) in [6.07, 6.45) is 4.64. The largest absolute Gasteiger partial charge is 0.367 e. The molecule has 2 unspecified atom stereocenters. The van der Waals surface area contributed by atoms with E-state index in [9.17, 15) is 0 Å². The smallest absolute Gasteiger partial charge is 0.237 e. The van der Waals surface area contributed by atoms with Crippen LogP contribution in [0.15, 0.2) is 34.9 Å². The van der Waals surface area contributed by atoms with E-state index >= 15 is 0 Å². The number of aromatic nitrogens is 2. The lowest BCUT2D eigenvalue weighted by molar-refractivity contribution is -0.0548. The number of morpholine rings is 1. The summed E-state index contributed by atoms with van der Waals surface area (Å²) in [6.45, 7) is 2.85. The van der Waals surface area contributed by atoms with Gasteiger partial charge in [0.1, 0.15) is 6.10 Å². The van der Waals surface area contributed by atoms with Crippen molar-refractivity contribution in [1.29, 1.82) is 0 Å². The molecular weight excluding hydrogens is 290 g/mol. The third-order valence-electron chi connectivity index (χ3n) is 5.60. The van der Waals surface area contributed by atoms with E-state index < -0.39 is 0 Å². The third kappa shape index (κ3) is 2.22. The Morgan fingerprint density at radius 3 is 2.87 bits per heavy atom. The van der Waals surface area contributed by atoms with Gasteiger partial charge in [-0.25, -0.2) is 0 Å². The Balaban J connectivity index is 1.39. The Hall–Kier alpha value is -1.72. The fraction of sp³-hybridized carbons (Fsp3) is 0.556. The number of benzene rings is 1. The van der Waals surface area contributed by atoms with Gasteiger partial charge in [-0.15, -0.1) is 0 Å². The lowest BCUT2D eigenvalue weighted by Crippen LogP contribution is -2.42. The number of ether oxygens (including phenoxy) is 1. The summed E-state index contributed by atoms with van der Waals surface area (Å²) in [5.41, 5.74) is 1.22. The Kier molecular flexibility index (Phi) is 3.06. The minimum absolute atomic E-state index is 0.0478. The Morgan fingerprint density at radius 2 is 2.04 bits per heavy atom. The third-order valence-corrected chi connectivity index (χ3v) is 5.60. The molecular formula is C18H21N3O2. The van der Waals surface area contributed by atoms with Gasteiger partial charge in [-0.2, -0.15) is 4.98 Å². The van der Waals surface area contributed by atoms with E-state index in [2.05, 4.69) is 34.3 Å². The molecule has 3 aliphatic rings. The topological polar surface area (TPSA) is 51.4 Å². The summed E-state index contributed by atoms with van der Waals surface area (Å²) in [5, 5.41) is 4.25. The van der Waals surface area contributed by atoms with Crippen LogP contribution < -0.4 is 0 Å². The van der Waals surface area contributed by atoms with E-state index in [0.29, 0.717) is 11.9 Å². The molecule has 1 aromatic heterocycles. The average Bonchev–Trinajstić information content (AvgIpc) is 3.05. The van der Waals surface area contributed by atoms with Crippen LogP contribution in [0.25, 0.3) is 0 Å². The van der Waals surface area contributed by atoms with Crippen LogP contribution in [0.2, 0.25) is 0 Å². The first kappa shape index (κ1) is 13.7. The first-order valence-electron chi connectivity index (χ1n) is 8.60. The van der Waals surface area contributed by atoms with Crippen LogP contribution in [0.5, 0.6) is 0 Å². The molecule has 0 N–H and O–H groups in total. The fourth-order valence-electron chi connectivity index (χ4n) is 4.04. The molecule has 5 nitrogen and oxygen atoms in total.